The smallest absolute Gasteiger partial charge is 0.145 e. The fourth-order valence-electron chi connectivity index (χ4n) is 2.35. The van der Waals surface area contributed by atoms with Crippen LogP contribution >= 0.6 is 0 Å². The fraction of sp³-hybridized carbons (Fsp3) is 0.438. The predicted octanol–water partition coefficient (Wildman–Crippen LogP) is 2.38. The maximum atomic E-state index is 5.64. The quantitative estimate of drug-likeness (QED) is 0.605. The SMILES string of the molecule is COCCN(Cc1cc2ccccc2nc1NN)C(C)C. The molecule has 0 saturated carbocycles. The normalized spacial score (nSPS) is 11.5. The molecule has 2 rings (SSSR count). The Bertz CT molecular complexity index is 585. The number of nitrogen functional groups attached to an aromatic ring is 1. The lowest BCUT2D eigenvalue weighted by Crippen LogP contribution is -2.33. The van der Waals surface area contributed by atoms with Crippen molar-refractivity contribution in [3.8, 4) is 0 Å². The minimum Gasteiger partial charge on any atom is -0.383 e. The van der Waals surface area contributed by atoms with Gasteiger partial charge in [0.05, 0.1) is 12.1 Å². The number of methoxy groups -OCH3 is 1. The maximum Gasteiger partial charge on any atom is 0.145 e. The number of nitrogens with two attached hydrogens (primary N) is 1. The number of benzene rings is 1. The summed E-state index contributed by atoms with van der Waals surface area (Å²) in [5.74, 6) is 6.37. The van der Waals surface area contributed by atoms with E-state index in [2.05, 4.69) is 41.3 Å². The molecule has 2 aromatic rings. The second kappa shape index (κ2) is 7.36. The molecule has 114 valence electrons. The Hall–Kier alpha value is -1.69. The van der Waals surface area contributed by atoms with Crippen molar-refractivity contribution in [2.24, 2.45) is 5.84 Å². The van der Waals surface area contributed by atoms with Crippen molar-refractivity contribution in [1.82, 2.24) is 9.88 Å². The van der Waals surface area contributed by atoms with Gasteiger partial charge in [-0.3, -0.25) is 4.90 Å². The molecule has 0 aliphatic rings. The second-order valence-corrected chi connectivity index (χ2v) is 5.39. The second-order valence-electron chi connectivity index (χ2n) is 5.39. The van der Waals surface area contributed by atoms with E-state index in [-0.39, 0.29) is 0 Å². The van der Waals surface area contributed by atoms with Crippen LogP contribution in [0, 0.1) is 0 Å². The van der Waals surface area contributed by atoms with Gasteiger partial charge in [-0.15, -0.1) is 0 Å². The molecule has 5 nitrogen and oxygen atoms in total. The summed E-state index contributed by atoms with van der Waals surface area (Å²) in [6, 6.07) is 10.6. The van der Waals surface area contributed by atoms with Gasteiger partial charge in [-0.05, 0) is 26.0 Å². The Labute approximate surface area is 126 Å². The molecule has 0 fully saturated rings. The minimum atomic E-state index is 0.428. The molecule has 0 bridgehead atoms. The number of hydrogen-bond acceptors (Lipinski definition) is 5. The Kier molecular flexibility index (Phi) is 5.50. The number of hydrazine groups is 1. The van der Waals surface area contributed by atoms with Crippen LogP contribution in [0.1, 0.15) is 19.4 Å². The van der Waals surface area contributed by atoms with E-state index in [1.807, 2.05) is 18.2 Å². The van der Waals surface area contributed by atoms with Gasteiger partial charge in [0.15, 0.2) is 0 Å². The number of ether oxygens (including phenoxy) is 1. The Morgan fingerprint density at radius 1 is 1.33 bits per heavy atom. The van der Waals surface area contributed by atoms with E-state index in [0.29, 0.717) is 12.6 Å². The van der Waals surface area contributed by atoms with Crippen LogP contribution in [0.4, 0.5) is 5.82 Å². The van der Waals surface area contributed by atoms with Crippen molar-refractivity contribution in [2.75, 3.05) is 25.7 Å². The van der Waals surface area contributed by atoms with E-state index in [4.69, 9.17) is 10.6 Å². The molecular formula is C16H24N4O. The highest BCUT2D eigenvalue weighted by Crippen LogP contribution is 2.22. The molecule has 1 heterocycles. The van der Waals surface area contributed by atoms with Crippen LogP contribution in [0.5, 0.6) is 0 Å². The van der Waals surface area contributed by atoms with E-state index in [0.717, 1.165) is 35.4 Å². The van der Waals surface area contributed by atoms with E-state index < -0.39 is 0 Å². The van der Waals surface area contributed by atoms with Gasteiger partial charge in [-0.25, -0.2) is 10.8 Å². The number of fused-ring (bicyclic) bond motifs is 1. The van der Waals surface area contributed by atoms with Gasteiger partial charge in [0, 0.05) is 37.2 Å². The molecule has 0 saturated heterocycles. The maximum absolute atomic E-state index is 5.64. The van der Waals surface area contributed by atoms with Crippen molar-refractivity contribution >= 4 is 16.7 Å². The number of para-hydroxylation sites is 1. The van der Waals surface area contributed by atoms with Gasteiger partial charge in [-0.2, -0.15) is 0 Å². The van der Waals surface area contributed by atoms with E-state index in [9.17, 15) is 0 Å². The average molecular weight is 288 g/mol. The van der Waals surface area contributed by atoms with Gasteiger partial charge in [0.25, 0.3) is 0 Å². The van der Waals surface area contributed by atoms with Gasteiger partial charge >= 0.3 is 0 Å². The fourth-order valence-corrected chi connectivity index (χ4v) is 2.35. The number of rotatable bonds is 7. The van der Waals surface area contributed by atoms with Crippen LogP contribution < -0.4 is 11.3 Å². The van der Waals surface area contributed by atoms with Crippen molar-refractivity contribution in [1.29, 1.82) is 0 Å². The summed E-state index contributed by atoms with van der Waals surface area (Å²) in [4.78, 5) is 6.94. The summed E-state index contributed by atoms with van der Waals surface area (Å²) >= 11 is 0. The van der Waals surface area contributed by atoms with Gasteiger partial charge < -0.3 is 10.2 Å². The highest BCUT2D eigenvalue weighted by molar-refractivity contribution is 5.81. The van der Waals surface area contributed by atoms with Crippen LogP contribution in [0.15, 0.2) is 30.3 Å². The number of nitrogens with one attached hydrogen (secondary N) is 1. The summed E-state index contributed by atoms with van der Waals surface area (Å²) < 4.78 is 5.19. The summed E-state index contributed by atoms with van der Waals surface area (Å²) in [5.41, 5.74) is 4.76. The molecular weight excluding hydrogens is 264 g/mol. The van der Waals surface area contributed by atoms with Crippen LogP contribution in [0.3, 0.4) is 0 Å². The standard InChI is InChI=1S/C16H24N4O/c1-12(2)20(8-9-21-3)11-14-10-13-6-4-5-7-15(13)18-16(14)19-17/h4-7,10,12H,8-9,11,17H2,1-3H3,(H,18,19). The minimum absolute atomic E-state index is 0.428. The number of aromatic nitrogens is 1. The third kappa shape index (κ3) is 3.91. The number of anilines is 1. The largest absolute Gasteiger partial charge is 0.383 e. The highest BCUT2D eigenvalue weighted by atomic mass is 16.5. The van der Waals surface area contributed by atoms with Crippen LogP contribution in [0.25, 0.3) is 10.9 Å². The summed E-state index contributed by atoms with van der Waals surface area (Å²) in [5, 5.41) is 1.13. The summed E-state index contributed by atoms with van der Waals surface area (Å²) in [6.07, 6.45) is 0. The molecule has 0 atom stereocenters. The molecule has 0 aliphatic carbocycles. The summed E-state index contributed by atoms with van der Waals surface area (Å²) in [6.45, 7) is 6.74. The Morgan fingerprint density at radius 2 is 2.10 bits per heavy atom. The predicted molar refractivity (Wildman–Crippen MR) is 87.0 cm³/mol. The first kappa shape index (κ1) is 15.7. The van der Waals surface area contributed by atoms with Crippen molar-refractivity contribution in [3.63, 3.8) is 0 Å². The van der Waals surface area contributed by atoms with Crippen molar-refractivity contribution in [2.45, 2.75) is 26.4 Å². The Balaban J connectivity index is 2.30. The lowest BCUT2D eigenvalue weighted by molar-refractivity contribution is 0.125. The van der Waals surface area contributed by atoms with E-state index in [1.54, 1.807) is 7.11 Å². The first-order chi connectivity index (χ1) is 10.2. The first-order valence-electron chi connectivity index (χ1n) is 7.24. The zero-order valence-electron chi connectivity index (χ0n) is 13.0. The molecule has 3 N–H and O–H groups in total. The molecule has 21 heavy (non-hydrogen) atoms. The molecule has 0 aliphatic heterocycles. The van der Waals surface area contributed by atoms with Gasteiger partial charge in [0.2, 0.25) is 0 Å². The van der Waals surface area contributed by atoms with Crippen molar-refractivity contribution < 1.29 is 4.74 Å². The first-order valence-corrected chi connectivity index (χ1v) is 7.24. The van der Waals surface area contributed by atoms with Crippen LogP contribution in [-0.2, 0) is 11.3 Å². The molecule has 1 aromatic heterocycles. The lowest BCUT2D eigenvalue weighted by atomic mass is 10.1. The third-order valence-corrected chi connectivity index (χ3v) is 3.63. The number of nitrogens with zero attached hydrogens (tertiary/aromatic N) is 2. The molecule has 0 radical (unpaired) electrons. The third-order valence-electron chi connectivity index (χ3n) is 3.63. The van der Waals surface area contributed by atoms with E-state index >= 15 is 0 Å². The van der Waals surface area contributed by atoms with Gasteiger partial charge in [-0.1, -0.05) is 18.2 Å². The zero-order chi connectivity index (χ0) is 15.2. The zero-order valence-corrected chi connectivity index (χ0v) is 13.0. The molecule has 1 aromatic carbocycles. The summed E-state index contributed by atoms with van der Waals surface area (Å²) in [7, 11) is 1.73. The molecule has 5 heteroatoms. The Morgan fingerprint density at radius 3 is 2.76 bits per heavy atom. The topological polar surface area (TPSA) is 63.4 Å². The highest BCUT2D eigenvalue weighted by Gasteiger charge is 2.13. The average Bonchev–Trinajstić information content (AvgIpc) is 2.50. The van der Waals surface area contributed by atoms with Crippen LogP contribution in [-0.4, -0.2) is 36.2 Å². The number of hydrogen-bond donors (Lipinski definition) is 2. The molecule has 0 spiro atoms. The molecule has 0 amide bonds. The van der Waals surface area contributed by atoms with Crippen molar-refractivity contribution in [3.05, 3.63) is 35.9 Å². The monoisotopic (exact) mass is 288 g/mol. The van der Waals surface area contributed by atoms with Crippen LogP contribution in [0.2, 0.25) is 0 Å². The van der Waals surface area contributed by atoms with E-state index in [1.165, 1.54) is 0 Å². The lowest BCUT2D eigenvalue weighted by Gasteiger charge is -2.27. The van der Waals surface area contributed by atoms with Gasteiger partial charge in [0.1, 0.15) is 5.82 Å². The number of pyridine rings is 1. The molecule has 0 unspecified atom stereocenters.